The molecule has 0 aliphatic rings. The third-order valence-electron chi connectivity index (χ3n) is 3.37. The van der Waals surface area contributed by atoms with Gasteiger partial charge in [-0.25, -0.2) is 14.5 Å². The van der Waals surface area contributed by atoms with Gasteiger partial charge in [-0.3, -0.25) is 4.79 Å². The minimum absolute atomic E-state index is 0.0644. The van der Waals surface area contributed by atoms with Gasteiger partial charge in [0, 0.05) is 10.2 Å². The van der Waals surface area contributed by atoms with Crippen molar-refractivity contribution in [3.8, 4) is 0 Å². The van der Waals surface area contributed by atoms with E-state index in [-0.39, 0.29) is 23.4 Å². The van der Waals surface area contributed by atoms with Gasteiger partial charge in [-0.1, -0.05) is 39.8 Å². The van der Waals surface area contributed by atoms with Crippen LogP contribution in [0.3, 0.4) is 0 Å². The Labute approximate surface area is 172 Å². The Kier molecular flexibility index (Phi) is 6.61. The molecule has 0 atom stereocenters. The highest BCUT2D eigenvalue weighted by atomic mass is 79.9. The molecule has 3 aromatic rings. The molecule has 11 heteroatoms. The lowest BCUT2D eigenvalue weighted by Crippen LogP contribution is -2.16. The first-order valence-corrected chi connectivity index (χ1v) is 9.72. The number of rotatable bonds is 7. The van der Waals surface area contributed by atoms with Crippen LogP contribution in [0.4, 0.5) is 16.0 Å². The lowest BCUT2D eigenvalue weighted by Gasteiger charge is -2.05. The number of hydrazone groups is 1. The first kappa shape index (κ1) is 19.8. The topological polar surface area (TPSA) is 110 Å². The number of anilines is 2. The molecule has 0 aliphatic carbocycles. The number of hydrogen-bond donors (Lipinski definition) is 3. The maximum absolute atomic E-state index is 12.9. The molecular weight excluding hydrogens is 449 g/mol. The number of thioether (sulfide) groups is 1. The number of nitrogens with one attached hydrogen (secondary N) is 2. The zero-order chi connectivity index (χ0) is 19.9. The highest BCUT2D eigenvalue weighted by molar-refractivity contribution is 9.10. The molecule has 144 valence electrons. The first-order chi connectivity index (χ1) is 13.5. The van der Waals surface area contributed by atoms with Crippen molar-refractivity contribution >= 4 is 51.4 Å². The zero-order valence-electron chi connectivity index (χ0n) is 14.3. The molecule has 28 heavy (non-hydrogen) atoms. The summed E-state index contributed by atoms with van der Waals surface area (Å²) < 4.78 is 15.1. The number of halogens is 2. The normalized spacial score (nSPS) is 10.9. The average Bonchev–Trinajstić information content (AvgIpc) is 3.03. The van der Waals surface area contributed by atoms with Crippen LogP contribution in [0.5, 0.6) is 0 Å². The molecule has 0 unspecified atom stereocenters. The van der Waals surface area contributed by atoms with Crippen molar-refractivity contribution in [1.82, 2.24) is 14.9 Å². The van der Waals surface area contributed by atoms with Crippen LogP contribution < -0.4 is 16.6 Å². The monoisotopic (exact) mass is 463 g/mol. The van der Waals surface area contributed by atoms with Crippen LogP contribution in [0.1, 0.15) is 5.56 Å². The van der Waals surface area contributed by atoms with Crippen molar-refractivity contribution in [1.29, 1.82) is 0 Å². The maximum Gasteiger partial charge on any atom is 0.264 e. The SMILES string of the molecule is Nn1c(N/N=C/c2ccc(Br)cc2)nnc1SCC(=O)Nc1ccc(F)cc1. The Morgan fingerprint density at radius 2 is 1.93 bits per heavy atom. The Bertz CT molecular complexity index is 976. The summed E-state index contributed by atoms with van der Waals surface area (Å²) in [6, 6.07) is 13.1. The average molecular weight is 464 g/mol. The molecule has 0 radical (unpaired) electrons. The molecule has 1 aromatic heterocycles. The standard InChI is InChI=1S/C17H15BrFN7OS/c18-12-3-1-11(2-4-12)9-21-23-16-24-25-17(26(16)20)28-10-15(27)22-14-7-5-13(19)6-8-14/h1-9H,10,20H2,(H,22,27)(H,23,24)/b21-9+. The van der Waals surface area contributed by atoms with Crippen LogP contribution in [0.15, 0.2) is 63.3 Å². The number of nitrogens with zero attached hydrogens (tertiary/aromatic N) is 4. The second-order valence-corrected chi connectivity index (χ2v) is 7.30. The molecule has 1 heterocycles. The molecule has 1 amide bonds. The summed E-state index contributed by atoms with van der Waals surface area (Å²) in [5, 5.41) is 14.9. The van der Waals surface area contributed by atoms with Gasteiger partial charge in [0.2, 0.25) is 11.1 Å². The van der Waals surface area contributed by atoms with E-state index in [0.717, 1.165) is 21.8 Å². The molecule has 3 rings (SSSR count). The lowest BCUT2D eigenvalue weighted by molar-refractivity contribution is -0.113. The van der Waals surface area contributed by atoms with Crippen molar-refractivity contribution in [3.63, 3.8) is 0 Å². The van der Waals surface area contributed by atoms with E-state index in [0.29, 0.717) is 10.8 Å². The van der Waals surface area contributed by atoms with E-state index in [9.17, 15) is 9.18 Å². The molecule has 0 saturated heterocycles. The van der Waals surface area contributed by atoms with Gasteiger partial charge in [0.1, 0.15) is 5.82 Å². The third kappa shape index (κ3) is 5.54. The summed E-state index contributed by atoms with van der Waals surface area (Å²) in [5.41, 5.74) is 4.10. The zero-order valence-corrected chi connectivity index (χ0v) is 16.7. The van der Waals surface area contributed by atoms with E-state index in [1.165, 1.54) is 28.9 Å². The van der Waals surface area contributed by atoms with Crippen LogP contribution >= 0.6 is 27.7 Å². The number of carbonyl (C=O) groups is 1. The largest absolute Gasteiger partial charge is 0.334 e. The predicted molar refractivity (Wildman–Crippen MR) is 111 cm³/mol. The minimum atomic E-state index is -0.369. The summed E-state index contributed by atoms with van der Waals surface area (Å²) in [5.74, 6) is 5.56. The lowest BCUT2D eigenvalue weighted by atomic mass is 10.2. The van der Waals surface area contributed by atoms with Crippen molar-refractivity contribution in [2.24, 2.45) is 5.10 Å². The molecule has 0 saturated carbocycles. The third-order valence-corrected chi connectivity index (χ3v) is 4.84. The number of nitrogen functional groups attached to an aromatic ring is 1. The van der Waals surface area contributed by atoms with Gasteiger partial charge in [0.15, 0.2) is 0 Å². The van der Waals surface area contributed by atoms with E-state index in [4.69, 9.17) is 5.84 Å². The van der Waals surface area contributed by atoms with Crippen LogP contribution in [0.2, 0.25) is 0 Å². The van der Waals surface area contributed by atoms with E-state index in [1.54, 1.807) is 6.21 Å². The van der Waals surface area contributed by atoms with Gasteiger partial charge < -0.3 is 11.2 Å². The van der Waals surface area contributed by atoms with E-state index in [1.807, 2.05) is 24.3 Å². The summed E-state index contributed by atoms with van der Waals surface area (Å²) in [6.07, 6.45) is 1.62. The smallest absolute Gasteiger partial charge is 0.264 e. The summed E-state index contributed by atoms with van der Waals surface area (Å²) in [6.45, 7) is 0. The van der Waals surface area contributed by atoms with Crippen molar-refractivity contribution in [2.45, 2.75) is 5.16 Å². The highest BCUT2D eigenvalue weighted by Gasteiger charge is 2.12. The number of benzene rings is 2. The van der Waals surface area contributed by atoms with Crippen LogP contribution in [-0.2, 0) is 4.79 Å². The van der Waals surface area contributed by atoms with Crippen LogP contribution in [0.25, 0.3) is 0 Å². The fourth-order valence-electron chi connectivity index (χ4n) is 2.03. The minimum Gasteiger partial charge on any atom is -0.334 e. The highest BCUT2D eigenvalue weighted by Crippen LogP contribution is 2.17. The molecule has 0 bridgehead atoms. The van der Waals surface area contributed by atoms with Gasteiger partial charge in [-0.05, 0) is 42.0 Å². The molecule has 0 fully saturated rings. The number of nitrogens with two attached hydrogens (primary N) is 1. The van der Waals surface area contributed by atoms with Gasteiger partial charge in [0.25, 0.3) is 5.95 Å². The second kappa shape index (κ2) is 9.33. The summed E-state index contributed by atoms with van der Waals surface area (Å²) >= 11 is 4.48. The second-order valence-electron chi connectivity index (χ2n) is 5.44. The summed E-state index contributed by atoms with van der Waals surface area (Å²) in [7, 11) is 0. The molecule has 4 N–H and O–H groups in total. The first-order valence-electron chi connectivity index (χ1n) is 7.94. The Morgan fingerprint density at radius 1 is 1.21 bits per heavy atom. The number of hydrogen-bond acceptors (Lipinski definition) is 7. The van der Waals surface area contributed by atoms with Crippen LogP contribution in [-0.4, -0.2) is 32.7 Å². The Morgan fingerprint density at radius 3 is 2.64 bits per heavy atom. The van der Waals surface area contributed by atoms with Crippen molar-refractivity contribution in [2.75, 3.05) is 22.3 Å². The molecular formula is C17H15BrFN7OS. The van der Waals surface area contributed by atoms with Crippen LogP contribution in [0, 0.1) is 5.82 Å². The van der Waals surface area contributed by atoms with Gasteiger partial charge in [-0.2, -0.15) is 5.10 Å². The predicted octanol–water partition coefficient (Wildman–Crippen LogP) is 3.07. The van der Waals surface area contributed by atoms with Gasteiger partial charge >= 0.3 is 0 Å². The van der Waals surface area contributed by atoms with E-state index >= 15 is 0 Å². The molecule has 8 nitrogen and oxygen atoms in total. The van der Waals surface area contributed by atoms with Gasteiger partial charge in [-0.15, -0.1) is 10.2 Å². The van der Waals surface area contributed by atoms with E-state index < -0.39 is 0 Å². The Balaban J connectivity index is 1.51. The fraction of sp³-hybridized carbons (Fsp3) is 0.0588. The maximum atomic E-state index is 12.9. The molecule has 0 aliphatic heterocycles. The molecule has 2 aromatic carbocycles. The quantitative estimate of drug-likeness (QED) is 0.215. The van der Waals surface area contributed by atoms with Crippen molar-refractivity contribution in [3.05, 3.63) is 64.4 Å². The Hall–Kier alpha value is -2.92. The number of aromatic nitrogens is 3. The number of amides is 1. The van der Waals surface area contributed by atoms with E-state index in [2.05, 4.69) is 42.0 Å². The van der Waals surface area contributed by atoms with Crippen molar-refractivity contribution < 1.29 is 9.18 Å². The number of carbonyl (C=O) groups excluding carboxylic acids is 1. The fourth-order valence-corrected chi connectivity index (χ4v) is 2.95. The summed E-state index contributed by atoms with van der Waals surface area (Å²) in [4.78, 5) is 12.0. The molecule has 0 spiro atoms. The van der Waals surface area contributed by atoms with Gasteiger partial charge in [0.05, 0.1) is 12.0 Å².